The SMILES string of the molecule is CN(Cc1cc(-c2ccccc2F)n(S(=O)(=O)c2cccc(-c3cn[nH]c3)c2)c1)C(=O)OC(C)(C)C. The number of nitrogens with one attached hydrogen (secondary N) is 1. The lowest BCUT2D eigenvalue weighted by molar-refractivity contribution is 0.0285. The summed E-state index contributed by atoms with van der Waals surface area (Å²) in [6.45, 7) is 5.34. The van der Waals surface area contributed by atoms with E-state index < -0.39 is 27.5 Å². The molecule has 8 nitrogen and oxygen atoms in total. The molecule has 0 saturated heterocycles. The molecule has 10 heteroatoms. The van der Waals surface area contributed by atoms with Gasteiger partial charge in [0.1, 0.15) is 11.4 Å². The van der Waals surface area contributed by atoms with Crippen molar-refractivity contribution < 1.29 is 22.3 Å². The number of nitrogens with zero attached hydrogens (tertiary/aromatic N) is 3. The lowest BCUT2D eigenvalue weighted by Crippen LogP contribution is -2.33. The number of amides is 1. The molecule has 2 aromatic carbocycles. The average Bonchev–Trinajstić information content (AvgIpc) is 3.49. The molecule has 2 heterocycles. The first-order chi connectivity index (χ1) is 17.0. The molecule has 1 N–H and O–H groups in total. The maximum atomic E-state index is 14.8. The van der Waals surface area contributed by atoms with Gasteiger partial charge in [-0.15, -0.1) is 0 Å². The fraction of sp³-hybridized carbons (Fsp3) is 0.231. The average molecular weight is 511 g/mol. The second kappa shape index (κ2) is 9.62. The molecule has 0 aliphatic rings. The number of benzene rings is 2. The second-order valence-electron chi connectivity index (χ2n) is 9.37. The molecule has 0 aliphatic carbocycles. The van der Waals surface area contributed by atoms with E-state index in [1.165, 1.54) is 41.4 Å². The Bertz CT molecular complexity index is 1490. The first kappa shape index (κ1) is 25.2. The van der Waals surface area contributed by atoms with Crippen LogP contribution in [0.3, 0.4) is 0 Å². The second-order valence-corrected chi connectivity index (χ2v) is 11.2. The third-order valence-corrected chi connectivity index (χ3v) is 7.01. The summed E-state index contributed by atoms with van der Waals surface area (Å²) in [4.78, 5) is 13.8. The zero-order valence-corrected chi connectivity index (χ0v) is 21.2. The van der Waals surface area contributed by atoms with Crippen molar-refractivity contribution in [3.63, 3.8) is 0 Å². The number of H-pyrrole nitrogens is 1. The summed E-state index contributed by atoms with van der Waals surface area (Å²) in [6.07, 6.45) is 4.11. The number of carbonyl (C=O) groups is 1. The highest BCUT2D eigenvalue weighted by Gasteiger charge is 2.25. The number of hydrogen-bond donors (Lipinski definition) is 1. The molecule has 0 bridgehead atoms. The summed E-state index contributed by atoms with van der Waals surface area (Å²) >= 11 is 0. The smallest absolute Gasteiger partial charge is 0.410 e. The van der Waals surface area contributed by atoms with Crippen molar-refractivity contribution in [2.45, 2.75) is 37.8 Å². The maximum Gasteiger partial charge on any atom is 0.410 e. The van der Waals surface area contributed by atoms with Crippen LogP contribution in [0.5, 0.6) is 0 Å². The lowest BCUT2D eigenvalue weighted by Gasteiger charge is -2.24. The van der Waals surface area contributed by atoms with E-state index in [9.17, 15) is 17.6 Å². The highest BCUT2D eigenvalue weighted by molar-refractivity contribution is 7.90. The predicted octanol–water partition coefficient (Wildman–Crippen LogP) is 5.29. The molecule has 0 fully saturated rings. The van der Waals surface area contributed by atoms with Gasteiger partial charge in [0.25, 0.3) is 10.0 Å². The van der Waals surface area contributed by atoms with Crippen LogP contribution in [0.2, 0.25) is 0 Å². The Balaban J connectivity index is 1.78. The number of aromatic amines is 1. The molecule has 4 aromatic rings. The molecular weight excluding hydrogens is 483 g/mol. The highest BCUT2D eigenvalue weighted by Crippen LogP contribution is 2.31. The van der Waals surface area contributed by atoms with Crippen molar-refractivity contribution in [1.29, 1.82) is 0 Å². The maximum absolute atomic E-state index is 14.8. The Labute approximate surface area is 209 Å². The molecular formula is C26H27FN4O4S. The molecule has 0 atom stereocenters. The van der Waals surface area contributed by atoms with Crippen molar-refractivity contribution in [3.8, 4) is 22.4 Å². The van der Waals surface area contributed by atoms with Crippen LogP contribution in [-0.4, -0.2) is 46.2 Å². The Morgan fingerprint density at radius 1 is 1.11 bits per heavy atom. The molecule has 1 amide bonds. The number of hydrogen-bond acceptors (Lipinski definition) is 5. The van der Waals surface area contributed by atoms with E-state index in [1.807, 2.05) is 0 Å². The Kier molecular flexibility index (Phi) is 6.73. The van der Waals surface area contributed by atoms with E-state index in [2.05, 4.69) is 10.2 Å². The van der Waals surface area contributed by atoms with E-state index in [0.29, 0.717) is 11.1 Å². The van der Waals surface area contributed by atoms with Crippen LogP contribution in [-0.2, 0) is 21.3 Å². The zero-order valence-electron chi connectivity index (χ0n) is 20.4. The monoisotopic (exact) mass is 510 g/mol. The molecule has 0 radical (unpaired) electrons. The summed E-state index contributed by atoms with van der Waals surface area (Å²) in [5.41, 5.74) is 1.48. The third-order valence-electron chi connectivity index (χ3n) is 5.34. The van der Waals surface area contributed by atoms with Crippen molar-refractivity contribution in [1.82, 2.24) is 19.1 Å². The van der Waals surface area contributed by atoms with E-state index in [1.54, 1.807) is 64.5 Å². The van der Waals surface area contributed by atoms with Gasteiger partial charge in [-0.25, -0.2) is 21.6 Å². The highest BCUT2D eigenvalue weighted by atomic mass is 32.2. The van der Waals surface area contributed by atoms with Gasteiger partial charge in [0.15, 0.2) is 0 Å². The van der Waals surface area contributed by atoms with Crippen LogP contribution in [0.25, 0.3) is 22.4 Å². The molecule has 0 spiro atoms. The van der Waals surface area contributed by atoms with Crippen LogP contribution in [0.1, 0.15) is 26.3 Å². The first-order valence-corrected chi connectivity index (χ1v) is 12.6. The molecule has 2 aromatic heterocycles. The normalized spacial score (nSPS) is 11.9. The molecule has 188 valence electrons. The van der Waals surface area contributed by atoms with Crippen molar-refractivity contribution >= 4 is 16.1 Å². The van der Waals surface area contributed by atoms with Crippen molar-refractivity contribution in [3.05, 3.63) is 84.6 Å². The standard InChI is InChI=1S/C26H27FN4O4S/c1-26(2,3)35-25(32)30(4)16-18-12-24(22-10-5-6-11-23(22)27)31(17-18)36(33,34)21-9-7-8-19(13-21)20-14-28-29-15-20/h5-15,17H,16H2,1-4H3,(H,28,29). The number of aromatic nitrogens is 3. The van der Waals surface area contributed by atoms with Crippen molar-refractivity contribution in [2.24, 2.45) is 0 Å². The van der Waals surface area contributed by atoms with Gasteiger partial charge in [0, 0.05) is 30.6 Å². The zero-order chi connectivity index (χ0) is 26.1. The minimum absolute atomic E-state index is 0.0291. The molecule has 0 unspecified atom stereocenters. The Morgan fingerprint density at radius 2 is 1.86 bits per heavy atom. The van der Waals surface area contributed by atoms with Crippen molar-refractivity contribution in [2.75, 3.05) is 7.05 Å². The predicted molar refractivity (Wildman–Crippen MR) is 134 cm³/mol. The third kappa shape index (κ3) is 5.33. The Morgan fingerprint density at radius 3 is 2.53 bits per heavy atom. The topological polar surface area (TPSA) is 97.3 Å². The largest absolute Gasteiger partial charge is 0.444 e. The van der Waals surface area contributed by atoms with Crippen LogP contribution in [0, 0.1) is 5.82 Å². The minimum Gasteiger partial charge on any atom is -0.444 e. The van der Waals surface area contributed by atoms with Gasteiger partial charge >= 0.3 is 6.09 Å². The summed E-state index contributed by atoms with van der Waals surface area (Å²) in [5.74, 6) is -0.564. The van der Waals surface area contributed by atoms with E-state index in [-0.39, 0.29) is 22.7 Å². The summed E-state index contributed by atoms with van der Waals surface area (Å²) in [7, 11) is -2.57. The van der Waals surface area contributed by atoms with Gasteiger partial charge in [-0.1, -0.05) is 24.3 Å². The van der Waals surface area contributed by atoms with E-state index >= 15 is 0 Å². The van der Waals surface area contributed by atoms with Gasteiger partial charge in [-0.05, 0) is 62.2 Å². The van der Waals surface area contributed by atoms with E-state index in [4.69, 9.17) is 4.74 Å². The van der Waals surface area contributed by atoms with Gasteiger partial charge < -0.3 is 9.64 Å². The fourth-order valence-corrected chi connectivity index (χ4v) is 5.12. The van der Waals surface area contributed by atoms with E-state index in [0.717, 1.165) is 9.54 Å². The fourth-order valence-electron chi connectivity index (χ4n) is 3.68. The lowest BCUT2D eigenvalue weighted by atomic mass is 10.1. The quantitative estimate of drug-likeness (QED) is 0.380. The van der Waals surface area contributed by atoms with Gasteiger partial charge in [0.2, 0.25) is 0 Å². The van der Waals surface area contributed by atoms with Crippen LogP contribution < -0.4 is 0 Å². The Hall–Kier alpha value is -3.92. The van der Waals surface area contributed by atoms with Crippen LogP contribution >= 0.6 is 0 Å². The number of ether oxygens (including phenoxy) is 1. The number of carbonyl (C=O) groups excluding carboxylic acids is 1. The van der Waals surface area contributed by atoms with Crippen LogP contribution in [0.15, 0.2) is 78.1 Å². The number of halogens is 1. The molecule has 36 heavy (non-hydrogen) atoms. The molecule has 0 saturated carbocycles. The summed E-state index contributed by atoms with van der Waals surface area (Å²) < 4.78 is 48.8. The van der Waals surface area contributed by atoms with Gasteiger partial charge in [-0.2, -0.15) is 5.10 Å². The first-order valence-electron chi connectivity index (χ1n) is 11.2. The summed E-state index contributed by atoms with van der Waals surface area (Å²) in [5, 5.41) is 6.63. The van der Waals surface area contributed by atoms with Gasteiger partial charge in [-0.3, -0.25) is 5.10 Å². The van der Waals surface area contributed by atoms with Crippen LogP contribution in [0.4, 0.5) is 9.18 Å². The van der Waals surface area contributed by atoms with Gasteiger partial charge in [0.05, 0.1) is 23.3 Å². The summed E-state index contributed by atoms with van der Waals surface area (Å²) in [6, 6.07) is 14.0. The minimum atomic E-state index is -4.13. The molecule has 0 aliphatic heterocycles. The number of rotatable bonds is 6. The molecule has 4 rings (SSSR count).